The number of rotatable bonds is 7. The van der Waals surface area contributed by atoms with Crippen LogP contribution >= 0.6 is 0 Å². The van der Waals surface area contributed by atoms with E-state index in [9.17, 15) is 19.8 Å². The van der Waals surface area contributed by atoms with Crippen LogP contribution in [0.3, 0.4) is 0 Å². The molecular weight excluding hydrogens is 480 g/mol. The Balaban J connectivity index is 1.56. The minimum absolute atomic E-state index is 0.00488. The SMILES string of the molecule is CC(=O)OC(C[C@H](C)C(C)(C)OC(C)=O)[C@](C)(O)[C@H]1CC[C@H]2[C@@H]3CC[C@H]4C[C@H](O)CC[C@]4(C)[C@H]3CC[C@@]21C. The fraction of sp³-hybridized carbons (Fsp3) is 0.938. The molecule has 0 amide bonds. The second-order valence-electron chi connectivity index (χ2n) is 14.9. The van der Waals surface area contributed by atoms with Gasteiger partial charge in [-0.25, -0.2) is 0 Å². The van der Waals surface area contributed by atoms with Crippen molar-refractivity contribution in [2.24, 2.45) is 46.3 Å². The molecule has 0 bridgehead atoms. The van der Waals surface area contributed by atoms with Gasteiger partial charge < -0.3 is 19.7 Å². The smallest absolute Gasteiger partial charge is 0.303 e. The molecule has 4 saturated carbocycles. The number of carbonyl (C=O) groups is 2. The highest BCUT2D eigenvalue weighted by Crippen LogP contribution is 2.69. The molecule has 6 nitrogen and oxygen atoms in total. The summed E-state index contributed by atoms with van der Waals surface area (Å²) in [5.41, 5.74) is -1.60. The highest BCUT2D eigenvalue weighted by atomic mass is 16.6. The molecular formula is C32H54O6. The molecule has 4 aliphatic carbocycles. The summed E-state index contributed by atoms with van der Waals surface area (Å²) in [5, 5.41) is 22.6. The first-order chi connectivity index (χ1) is 17.5. The first kappa shape index (κ1) is 29.8. The molecule has 218 valence electrons. The summed E-state index contributed by atoms with van der Waals surface area (Å²) in [6.07, 6.45) is 9.42. The number of ether oxygens (including phenoxy) is 2. The predicted octanol–water partition coefficient (Wildman–Crippen LogP) is 6.06. The van der Waals surface area contributed by atoms with Gasteiger partial charge in [0, 0.05) is 13.8 Å². The van der Waals surface area contributed by atoms with E-state index >= 15 is 0 Å². The van der Waals surface area contributed by atoms with Crippen LogP contribution in [0.25, 0.3) is 0 Å². The number of fused-ring (bicyclic) bond motifs is 5. The van der Waals surface area contributed by atoms with E-state index in [1.807, 2.05) is 27.7 Å². The van der Waals surface area contributed by atoms with Gasteiger partial charge >= 0.3 is 11.9 Å². The molecule has 0 saturated heterocycles. The van der Waals surface area contributed by atoms with Crippen LogP contribution in [0.15, 0.2) is 0 Å². The molecule has 0 aromatic carbocycles. The van der Waals surface area contributed by atoms with Crippen molar-refractivity contribution in [1.82, 2.24) is 0 Å². The van der Waals surface area contributed by atoms with Crippen molar-refractivity contribution in [3.8, 4) is 0 Å². The molecule has 4 aliphatic rings. The number of aliphatic hydroxyl groups is 2. The van der Waals surface area contributed by atoms with Crippen LogP contribution in [0.4, 0.5) is 0 Å². The molecule has 0 aromatic heterocycles. The lowest BCUT2D eigenvalue weighted by Gasteiger charge is -2.61. The summed E-state index contributed by atoms with van der Waals surface area (Å²) in [5.74, 6) is 1.76. The van der Waals surface area contributed by atoms with Gasteiger partial charge in [-0.2, -0.15) is 0 Å². The zero-order chi connectivity index (χ0) is 28.3. The van der Waals surface area contributed by atoms with Crippen LogP contribution in [0.2, 0.25) is 0 Å². The molecule has 38 heavy (non-hydrogen) atoms. The lowest BCUT2D eigenvalue weighted by molar-refractivity contribution is -0.193. The molecule has 0 aliphatic heterocycles. The molecule has 2 N–H and O–H groups in total. The van der Waals surface area contributed by atoms with Gasteiger partial charge in [-0.15, -0.1) is 0 Å². The first-order valence-corrected chi connectivity index (χ1v) is 15.3. The number of aliphatic hydroxyl groups excluding tert-OH is 1. The third kappa shape index (κ3) is 5.18. The first-order valence-electron chi connectivity index (χ1n) is 15.3. The topological polar surface area (TPSA) is 93.1 Å². The molecule has 1 unspecified atom stereocenters. The number of esters is 2. The average molecular weight is 535 g/mol. The van der Waals surface area contributed by atoms with Crippen LogP contribution in [0.5, 0.6) is 0 Å². The minimum Gasteiger partial charge on any atom is -0.460 e. The Labute approximate surface area is 230 Å². The second kappa shape index (κ2) is 10.4. The Morgan fingerprint density at radius 3 is 2.18 bits per heavy atom. The standard InChI is InChI=1S/C32H54O6/c1-19(29(4,5)38-21(3)34)17-28(37-20(2)33)32(8,36)27-12-11-25-24-10-9-22-18-23(35)13-15-30(22,6)26(24)14-16-31(25,27)7/h19,22-28,35-36H,9-18H2,1-8H3/t19-,22-,23+,24-,25-,26-,27-,28?,30-,31-,32+/m0/s1. The van der Waals surface area contributed by atoms with E-state index in [1.54, 1.807) is 0 Å². The third-order valence-corrected chi connectivity index (χ3v) is 12.5. The maximum atomic E-state index is 12.3. The lowest BCUT2D eigenvalue weighted by atomic mass is 9.44. The fourth-order valence-electron chi connectivity index (χ4n) is 10.1. The Bertz CT molecular complexity index is 896. The van der Waals surface area contributed by atoms with Crippen molar-refractivity contribution in [3.63, 3.8) is 0 Å². The summed E-state index contributed by atoms with van der Waals surface area (Å²) in [6, 6.07) is 0. The van der Waals surface area contributed by atoms with Crippen molar-refractivity contribution < 1.29 is 29.3 Å². The van der Waals surface area contributed by atoms with E-state index in [0.29, 0.717) is 35.5 Å². The molecule has 11 atom stereocenters. The second-order valence-corrected chi connectivity index (χ2v) is 14.9. The maximum Gasteiger partial charge on any atom is 0.303 e. The Morgan fingerprint density at radius 1 is 0.921 bits per heavy atom. The van der Waals surface area contributed by atoms with E-state index in [1.165, 1.54) is 33.1 Å². The zero-order valence-corrected chi connectivity index (χ0v) is 25.2. The summed E-state index contributed by atoms with van der Waals surface area (Å²) >= 11 is 0. The van der Waals surface area contributed by atoms with Crippen molar-refractivity contribution in [2.45, 2.75) is 143 Å². The highest BCUT2D eigenvalue weighted by molar-refractivity contribution is 5.66. The van der Waals surface area contributed by atoms with Gasteiger partial charge in [-0.1, -0.05) is 20.8 Å². The highest BCUT2D eigenvalue weighted by Gasteiger charge is 2.63. The third-order valence-electron chi connectivity index (χ3n) is 12.5. The summed E-state index contributed by atoms with van der Waals surface area (Å²) < 4.78 is 11.5. The molecule has 0 aromatic rings. The van der Waals surface area contributed by atoms with E-state index < -0.39 is 17.3 Å². The number of hydrogen-bond acceptors (Lipinski definition) is 6. The molecule has 0 radical (unpaired) electrons. The van der Waals surface area contributed by atoms with Crippen molar-refractivity contribution in [3.05, 3.63) is 0 Å². The maximum absolute atomic E-state index is 12.3. The molecule has 0 heterocycles. The van der Waals surface area contributed by atoms with Crippen LogP contribution in [-0.2, 0) is 19.1 Å². The van der Waals surface area contributed by atoms with Crippen molar-refractivity contribution in [2.75, 3.05) is 0 Å². The van der Waals surface area contributed by atoms with E-state index in [2.05, 4.69) is 13.8 Å². The minimum atomic E-state index is -1.18. The van der Waals surface area contributed by atoms with Crippen molar-refractivity contribution >= 4 is 11.9 Å². The molecule has 4 rings (SSSR count). The normalized spacial score (nSPS) is 42.1. The Morgan fingerprint density at radius 2 is 1.55 bits per heavy atom. The number of carbonyl (C=O) groups excluding carboxylic acids is 2. The van der Waals surface area contributed by atoms with Gasteiger partial charge in [0.05, 0.1) is 6.10 Å². The summed E-state index contributed by atoms with van der Waals surface area (Å²) in [4.78, 5) is 23.9. The van der Waals surface area contributed by atoms with Crippen molar-refractivity contribution in [1.29, 1.82) is 0 Å². The van der Waals surface area contributed by atoms with E-state index in [-0.39, 0.29) is 35.3 Å². The quantitative estimate of drug-likeness (QED) is 0.386. The molecule has 0 spiro atoms. The van der Waals surface area contributed by atoms with Gasteiger partial charge in [0.1, 0.15) is 17.3 Å². The van der Waals surface area contributed by atoms with E-state index in [0.717, 1.165) is 38.5 Å². The van der Waals surface area contributed by atoms with Gasteiger partial charge in [0.15, 0.2) is 0 Å². The monoisotopic (exact) mass is 534 g/mol. The van der Waals surface area contributed by atoms with Gasteiger partial charge in [-0.3, -0.25) is 9.59 Å². The van der Waals surface area contributed by atoms with Crippen LogP contribution in [-0.4, -0.2) is 45.6 Å². The lowest BCUT2D eigenvalue weighted by Crippen LogP contribution is -2.58. The zero-order valence-electron chi connectivity index (χ0n) is 25.2. The fourth-order valence-corrected chi connectivity index (χ4v) is 10.1. The van der Waals surface area contributed by atoms with Crippen LogP contribution in [0.1, 0.15) is 120 Å². The Hall–Kier alpha value is -1.14. The Kier molecular flexibility index (Phi) is 8.13. The summed E-state index contributed by atoms with van der Waals surface area (Å²) in [7, 11) is 0. The largest absolute Gasteiger partial charge is 0.460 e. The van der Waals surface area contributed by atoms with Gasteiger partial charge in [0.2, 0.25) is 0 Å². The van der Waals surface area contributed by atoms with Gasteiger partial charge in [0.25, 0.3) is 0 Å². The average Bonchev–Trinajstić information content (AvgIpc) is 3.16. The molecule has 4 fully saturated rings. The van der Waals surface area contributed by atoms with Gasteiger partial charge in [-0.05, 0) is 131 Å². The van der Waals surface area contributed by atoms with Crippen LogP contribution < -0.4 is 0 Å². The summed E-state index contributed by atoms with van der Waals surface area (Å²) in [6.45, 7) is 15.4. The molecule has 6 heteroatoms. The number of hydrogen-bond donors (Lipinski definition) is 2. The predicted molar refractivity (Wildman–Crippen MR) is 147 cm³/mol. The van der Waals surface area contributed by atoms with Crippen LogP contribution in [0, 0.1) is 46.3 Å². The van der Waals surface area contributed by atoms with E-state index in [4.69, 9.17) is 9.47 Å².